The lowest BCUT2D eigenvalue weighted by molar-refractivity contribution is 0.818. The fraction of sp³-hybridized carbons (Fsp3) is 0.333. The number of aryl methyl sites for hydroxylation is 1. The summed E-state index contributed by atoms with van der Waals surface area (Å²) in [6, 6.07) is 6.17. The molecule has 0 aliphatic rings. The topological polar surface area (TPSA) is 12.0 Å². The van der Waals surface area contributed by atoms with Crippen molar-refractivity contribution in [2.75, 3.05) is 13.6 Å². The Balaban J connectivity index is 2.73. The van der Waals surface area contributed by atoms with Crippen LogP contribution in [-0.2, 0) is 0 Å². The van der Waals surface area contributed by atoms with Crippen molar-refractivity contribution >= 4 is 15.9 Å². The maximum Gasteiger partial charge on any atom is 0.0285 e. The quantitative estimate of drug-likeness (QED) is 0.630. The number of halogens is 1. The summed E-state index contributed by atoms with van der Waals surface area (Å²) in [5.74, 6) is 6.31. The molecule has 1 N–H and O–H groups in total. The van der Waals surface area contributed by atoms with Gasteiger partial charge in [-0.1, -0.05) is 33.8 Å². The first kappa shape index (κ1) is 11.3. The molecule has 0 saturated heterocycles. The molecular weight excluding hydrogens is 238 g/mol. The van der Waals surface area contributed by atoms with Crippen LogP contribution >= 0.6 is 15.9 Å². The van der Waals surface area contributed by atoms with Gasteiger partial charge in [0.25, 0.3) is 0 Å². The molecule has 2 heteroatoms. The zero-order valence-electron chi connectivity index (χ0n) is 8.52. The van der Waals surface area contributed by atoms with Gasteiger partial charge in [0.1, 0.15) is 0 Å². The van der Waals surface area contributed by atoms with Gasteiger partial charge in [-0.25, -0.2) is 0 Å². The highest BCUT2D eigenvalue weighted by Crippen LogP contribution is 2.14. The summed E-state index contributed by atoms with van der Waals surface area (Å²) in [6.07, 6.45) is 0.891. The maximum absolute atomic E-state index is 3.44. The van der Waals surface area contributed by atoms with Gasteiger partial charge in [0.2, 0.25) is 0 Å². The van der Waals surface area contributed by atoms with Crippen LogP contribution in [0.4, 0.5) is 0 Å². The number of rotatable bonds is 2. The predicted octanol–water partition coefficient (Wildman–Crippen LogP) is 2.72. The third kappa shape index (κ3) is 3.53. The first-order valence-corrected chi connectivity index (χ1v) is 5.43. The lowest BCUT2D eigenvalue weighted by atomic mass is 10.1. The van der Waals surface area contributed by atoms with Crippen LogP contribution in [0.25, 0.3) is 0 Å². The standard InChI is InChI=1S/C12H14BrN/c1-10-6-7-12(13)9-11(10)5-3-4-8-14-2/h6-7,9,14H,4,8H2,1-2H3. The first-order chi connectivity index (χ1) is 6.74. The van der Waals surface area contributed by atoms with Crippen molar-refractivity contribution in [1.29, 1.82) is 0 Å². The van der Waals surface area contributed by atoms with Gasteiger partial charge in [-0.15, -0.1) is 0 Å². The van der Waals surface area contributed by atoms with Crippen molar-refractivity contribution in [3.05, 3.63) is 33.8 Å². The number of hydrogen-bond acceptors (Lipinski definition) is 1. The fourth-order valence-corrected chi connectivity index (χ4v) is 1.44. The van der Waals surface area contributed by atoms with Crippen LogP contribution in [0.1, 0.15) is 17.5 Å². The summed E-state index contributed by atoms with van der Waals surface area (Å²) in [5.41, 5.74) is 2.33. The second kappa shape index (κ2) is 5.85. The molecule has 1 nitrogen and oxygen atoms in total. The molecule has 0 atom stereocenters. The molecule has 0 bridgehead atoms. The minimum absolute atomic E-state index is 0.891. The zero-order chi connectivity index (χ0) is 10.4. The predicted molar refractivity (Wildman–Crippen MR) is 64.3 cm³/mol. The zero-order valence-corrected chi connectivity index (χ0v) is 10.1. The van der Waals surface area contributed by atoms with Crippen LogP contribution in [0, 0.1) is 18.8 Å². The van der Waals surface area contributed by atoms with Gasteiger partial charge >= 0.3 is 0 Å². The molecule has 14 heavy (non-hydrogen) atoms. The van der Waals surface area contributed by atoms with E-state index < -0.39 is 0 Å². The fourth-order valence-electron chi connectivity index (χ4n) is 1.07. The molecule has 1 aromatic rings. The Hall–Kier alpha value is -0.780. The molecule has 0 radical (unpaired) electrons. The van der Waals surface area contributed by atoms with Crippen LogP contribution in [0.2, 0.25) is 0 Å². The average molecular weight is 252 g/mol. The SMILES string of the molecule is CNCCC#Cc1cc(Br)ccc1C. The molecule has 0 saturated carbocycles. The first-order valence-electron chi connectivity index (χ1n) is 4.63. The largest absolute Gasteiger partial charge is 0.319 e. The Labute approximate surface area is 94.0 Å². The normalized spacial score (nSPS) is 9.36. The molecule has 0 amide bonds. The van der Waals surface area contributed by atoms with E-state index in [4.69, 9.17) is 0 Å². The molecule has 0 aliphatic heterocycles. The second-order valence-corrected chi connectivity index (χ2v) is 4.03. The van der Waals surface area contributed by atoms with Gasteiger partial charge in [-0.2, -0.15) is 0 Å². The highest BCUT2D eigenvalue weighted by Gasteiger charge is 1.94. The molecular formula is C12H14BrN. The molecule has 0 fully saturated rings. The van der Waals surface area contributed by atoms with Gasteiger partial charge in [0.15, 0.2) is 0 Å². The van der Waals surface area contributed by atoms with E-state index in [0.717, 1.165) is 23.0 Å². The Kier molecular flexibility index (Phi) is 4.72. The molecule has 0 aromatic heterocycles. The summed E-state index contributed by atoms with van der Waals surface area (Å²) in [7, 11) is 1.94. The number of benzene rings is 1. The van der Waals surface area contributed by atoms with Crippen molar-refractivity contribution in [3.8, 4) is 11.8 Å². The summed E-state index contributed by atoms with van der Waals surface area (Å²) in [4.78, 5) is 0. The molecule has 0 aliphatic carbocycles. The third-order valence-electron chi connectivity index (χ3n) is 1.92. The summed E-state index contributed by atoms with van der Waals surface area (Å²) >= 11 is 3.44. The van der Waals surface area contributed by atoms with Crippen molar-refractivity contribution < 1.29 is 0 Å². The molecule has 1 rings (SSSR count). The molecule has 74 valence electrons. The van der Waals surface area contributed by atoms with E-state index in [9.17, 15) is 0 Å². The van der Waals surface area contributed by atoms with E-state index in [0.29, 0.717) is 0 Å². The Bertz CT molecular complexity index is 360. The lowest BCUT2D eigenvalue weighted by Crippen LogP contribution is -2.05. The van der Waals surface area contributed by atoms with Gasteiger partial charge in [0.05, 0.1) is 0 Å². The molecule has 0 unspecified atom stereocenters. The summed E-state index contributed by atoms with van der Waals surface area (Å²) in [6.45, 7) is 3.02. The third-order valence-corrected chi connectivity index (χ3v) is 2.42. The Morgan fingerprint density at radius 3 is 2.93 bits per heavy atom. The van der Waals surface area contributed by atoms with Crippen LogP contribution in [0.5, 0.6) is 0 Å². The van der Waals surface area contributed by atoms with E-state index >= 15 is 0 Å². The minimum atomic E-state index is 0.891. The van der Waals surface area contributed by atoms with Crippen LogP contribution in [-0.4, -0.2) is 13.6 Å². The Morgan fingerprint density at radius 2 is 2.21 bits per heavy atom. The van der Waals surface area contributed by atoms with Gasteiger partial charge in [-0.05, 0) is 31.7 Å². The van der Waals surface area contributed by atoms with Crippen LogP contribution in [0.15, 0.2) is 22.7 Å². The van der Waals surface area contributed by atoms with Crippen LogP contribution < -0.4 is 5.32 Å². The second-order valence-electron chi connectivity index (χ2n) is 3.11. The monoisotopic (exact) mass is 251 g/mol. The van der Waals surface area contributed by atoms with Crippen LogP contribution in [0.3, 0.4) is 0 Å². The van der Waals surface area contributed by atoms with E-state index in [1.165, 1.54) is 5.56 Å². The average Bonchev–Trinajstić information content (AvgIpc) is 2.18. The summed E-state index contributed by atoms with van der Waals surface area (Å²) in [5, 5.41) is 3.07. The molecule has 0 spiro atoms. The van der Waals surface area contributed by atoms with Crippen molar-refractivity contribution in [1.82, 2.24) is 5.32 Å². The van der Waals surface area contributed by atoms with Gasteiger partial charge in [0, 0.05) is 23.0 Å². The minimum Gasteiger partial charge on any atom is -0.319 e. The van der Waals surface area contributed by atoms with E-state index in [1.807, 2.05) is 13.1 Å². The van der Waals surface area contributed by atoms with Crippen molar-refractivity contribution in [2.24, 2.45) is 0 Å². The number of nitrogens with one attached hydrogen (secondary N) is 1. The summed E-state index contributed by atoms with van der Waals surface area (Å²) < 4.78 is 1.08. The van der Waals surface area contributed by atoms with Crippen molar-refractivity contribution in [3.63, 3.8) is 0 Å². The number of hydrogen-bond donors (Lipinski definition) is 1. The Morgan fingerprint density at radius 1 is 1.43 bits per heavy atom. The van der Waals surface area contributed by atoms with E-state index in [1.54, 1.807) is 0 Å². The highest BCUT2D eigenvalue weighted by atomic mass is 79.9. The molecule has 0 heterocycles. The van der Waals surface area contributed by atoms with E-state index in [2.05, 4.69) is 52.1 Å². The smallest absolute Gasteiger partial charge is 0.0285 e. The maximum atomic E-state index is 3.44. The van der Waals surface area contributed by atoms with Crippen molar-refractivity contribution in [2.45, 2.75) is 13.3 Å². The molecule has 1 aromatic carbocycles. The van der Waals surface area contributed by atoms with E-state index in [-0.39, 0.29) is 0 Å². The highest BCUT2D eigenvalue weighted by molar-refractivity contribution is 9.10. The lowest BCUT2D eigenvalue weighted by Gasteiger charge is -1.97. The van der Waals surface area contributed by atoms with Gasteiger partial charge < -0.3 is 5.32 Å². The van der Waals surface area contributed by atoms with Gasteiger partial charge in [-0.3, -0.25) is 0 Å².